The number of benzene rings is 1. The Balaban J connectivity index is 2.45. The van der Waals surface area contributed by atoms with Crippen molar-refractivity contribution in [2.45, 2.75) is 6.04 Å². The van der Waals surface area contributed by atoms with Crippen LogP contribution in [-0.2, 0) is 4.79 Å². The number of nitrogens with one attached hydrogen (secondary N) is 2. The van der Waals surface area contributed by atoms with Crippen molar-refractivity contribution in [2.24, 2.45) is 0 Å². The summed E-state index contributed by atoms with van der Waals surface area (Å²) in [4.78, 5) is 22.6. The molecule has 3 N–H and O–H groups in total. The highest BCUT2D eigenvalue weighted by Gasteiger charge is 2.32. The van der Waals surface area contributed by atoms with E-state index in [0.29, 0.717) is 5.56 Å². The largest absolute Gasteiger partial charge is 0.502 e. The lowest BCUT2D eigenvalue weighted by Crippen LogP contribution is -2.22. The Kier molecular flexibility index (Phi) is 2.97. The Labute approximate surface area is 103 Å². The average molecular weight is 252 g/mol. The van der Waals surface area contributed by atoms with Crippen molar-refractivity contribution in [3.8, 4) is 17.2 Å². The summed E-state index contributed by atoms with van der Waals surface area (Å²) in [5.74, 6) is -0.292. The quantitative estimate of drug-likeness (QED) is 0.672. The van der Waals surface area contributed by atoms with Crippen molar-refractivity contribution in [1.82, 2.24) is 10.6 Å². The molecule has 1 unspecified atom stereocenters. The van der Waals surface area contributed by atoms with Crippen LogP contribution in [0.3, 0.4) is 0 Å². The van der Waals surface area contributed by atoms with Gasteiger partial charge in [0, 0.05) is 0 Å². The van der Waals surface area contributed by atoms with Crippen LogP contribution in [0.4, 0.5) is 4.79 Å². The van der Waals surface area contributed by atoms with Crippen LogP contribution in [0.1, 0.15) is 11.6 Å². The van der Waals surface area contributed by atoms with Crippen molar-refractivity contribution >= 4 is 11.9 Å². The molecule has 18 heavy (non-hydrogen) atoms. The van der Waals surface area contributed by atoms with Gasteiger partial charge in [-0.3, -0.25) is 10.1 Å². The van der Waals surface area contributed by atoms with Crippen LogP contribution in [0.25, 0.3) is 0 Å². The van der Waals surface area contributed by atoms with Crippen LogP contribution in [-0.4, -0.2) is 31.3 Å². The molecule has 0 spiro atoms. The molecule has 1 aromatic rings. The van der Waals surface area contributed by atoms with Crippen molar-refractivity contribution < 1.29 is 24.2 Å². The first-order valence-electron chi connectivity index (χ1n) is 5.13. The first-order valence-corrected chi connectivity index (χ1v) is 5.13. The summed E-state index contributed by atoms with van der Waals surface area (Å²) in [5, 5.41) is 14.3. The Hall–Kier alpha value is -2.44. The summed E-state index contributed by atoms with van der Waals surface area (Å²) in [6.45, 7) is 0. The van der Waals surface area contributed by atoms with Gasteiger partial charge in [-0.2, -0.15) is 0 Å². The van der Waals surface area contributed by atoms with Gasteiger partial charge >= 0.3 is 6.03 Å². The molecule has 7 heteroatoms. The summed E-state index contributed by atoms with van der Waals surface area (Å²) >= 11 is 0. The molecule has 0 radical (unpaired) electrons. The number of carbonyl (C=O) groups is 2. The molecule has 3 amide bonds. The zero-order valence-electron chi connectivity index (χ0n) is 9.81. The molecule has 1 heterocycles. The van der Waals surface area contributed by atoms with Crippen molar-refractivity contribution in [2.75, 3.05) is 14.2 Å². The maximum atomic E-state index is 11.5. The average Bonchev–Trinajstić information content (AvgIpc) is 2.69. The lowest BCUT2D eigenvalue weighted by Gasteiger charge is -2.13. The van der Waals surface area contributed by atoms with E-state index in [9.17, 15) is 14.7 Å². The molecule has 1 saturated heterocycles. The van der Waals surface area contributed by atoms with E-state index in [2.05, 4.69) is 10.6 Å². The zero-order valence-corrected chi connectivity index (χ0v) is 9.81. The van der Waals surface area contributed by atoms with Crippen molar-refractivity contribution in [3.05, 3.63) is 17.7 Å². The van der Waals surface area contributed by atoms with E-state index in [4.69, 9.17) is 9.47 Å². The molecule has 96 valence electrons. The number of imide groups is 1. The Morgan fingerprint density at radius 3 is 2.11 bits per heavy atom. The lowest BCUT2D eigenvalue weighted by molar-refractivity contribution is -0.120. The second kappa shape index (κ2) is 4.44. The molecule has 1 aromatic carbocycles. The third kappa shape index (κ3) is 1.90. The number of rotatable bonds is 3. The molecule has 1 aliphatic heterocycles. The fraction of sp³-hybridized carbons (Fsp3) is 0.273. The van der Waals surface area contributed by atoms with E-state index in [0.717, 1.165) is 0 Å². The molecule has 0 aliphatic carbocycles. The number of hydrogen-bond acceptors (Lipinski definition) is 5. The molecule has 7 nitrogen and oxygen atoms in total. The first-order chi connectivity index (χ1) is 8.56. The molecular formula is C11H12N2O5. The van der Waals surface area contributed by atoms with E-state index in [-0.39, 0.29) is 17.2 Å². The van der Waals surface area contributed by atoms with Crippen LogP contribution in [0.15, 0.2) is 12.1 Å². The number of phenols is 1. The summed E-state index contributed by atoms with van der Waals surface area (Å²) in [5.41, 5.74) is 0.463. The topological polar surface area (TPSA) is 96.9 Å². The molecule has 0 aromatic heterocycles. The van der Waals surface area contributed by atoms with Gasteiger partial charge in [0.25, 0.3) is 5.91 Å². The molecule has 0 saturated carbocycles. The van der Waals surface area contributed by atoms with E-state index in [1.807, 2.05) is 0 Å². The minimum absolute atomic E-state index is 0.159. The van der Waals surface area contributed by atoms with E-state index < -0.39 is 18.0 Å². The highest BCUT2D eigenvalue weighted by Crippen LogP contribution is 2.39. The zero-order chi connectivity index (χ0) is 13.3. The Morgan fingerprint density at radius 2 is 1.72 bits per heavy atom. The normalized spacial score (nSPS) is 18.2. The predicted octanol–water partition coefficient (Wildman–Crippen LogP) is 0.290. The molecular weight excluding hydrogens is 240 g/mol. The maximum Gasteiger partial charge on any atom is 0.322 e. The summed E-state index contributed by atoms with van der Waals surface area (Å²) < 4.78 is 9.95. The number of phenolic OH excluding ortho intramolecular Hbond substituents is 1. The van der Waals surface area contributed by atoms with Gasteiger partial charge in [0.05, 0.1) is 14.2 Å². The smallest absolute Gasteiger partial charge is 0.322 e. The predicted molar refractivity (Wildman–Crippen MR) is 60.6 cm³/mol. The number of hydrogen-bond donors (Lipinski definition) is 3. The van der Waals surface area contributed by atoms with Crippen LogP contribution in [0, 0.1) is 0 Å². The van der Waals surface area contributed by atoms with Gasteiger partial charge in [-0.15, -0.1) is 0 Å². The molecule has 1 atom stereocenters. The standard InChI is InChI=1S/C11H12N2O5/c1-17-6-3-5(4-7(18-2)9(6)14)8-10(15)13-11(16)12-8/h3-4,8,14H,1-2H3,(H2,12,13,15,16). The minimum Gasteiger partial charge on any atom is -0.502 e. The van der Waals surface area contributed by atoms with Gasteiger partial charge < -0.3 is 19.9 Å². The third-order valence-corrected chi connectivity index (χ3v) is 2.61. The van der Waals surface area contributed by atoms with E-state index >= 15 is 0 Å². The summed E-state index contributed by atoms with van der Waals surface area (Å²) in [6.07, 6.45) is 0. The second-order valence-corrected chi connectivity index (χ2v) is 3.67. The second-order valence-electron chi connectivity index (χ2n) is 3.67. The number of aromatic hydroxyl groups is 1. The van der Waals surface area contributed by atoms with Gasteiger partial charge in [-0.25, -0.2) is 4.79 Å². The fourth-order valence-electron chi connectivity index (χ4n) is 1.73. The molecule has 0 bridgehead atoms. The highest BCUT2D eigenvalue weighted by molar-refractivity contribution is 6.04. The SMILES string of the molecule is COc1cc(C2NC(=O)NC2=O)cc(OC)c1O. The van der Waals surface area contributed by atoms with Crippen molar-refractivity contribution in [1.29, 1.82) is 0 Å². The van der Waals surface area contributed by atoms with Gasteiger partial charge in [-0.1, -0.05) is 0 Å². The van der Waals surface area contributed by atoms with Gasteiger partial charge in [0.2, 0.25) is 5.75 Å². The van der Waals surface area contributed by atoms with Crippen LogP contribution >= 0.6 is 0 Å². The molecule has 2 rings (SSSR count). The highest BCUT2D eigenvalue weighted by atomic mass is 16.5. The maximum absolute atomic E-state index is 11.5. The number of carbonyl (C=O) groups excluding carboxylic acids is 2. The van der Waals surface area contributed by atoms with Crippen molar-refractivity contribution in [3.63, 3.8) is 0 Å². The number of amides is 3. The summed E-state index contributed by atoms with van der Waals surface area (Å²) in [6, 6.07) is 1.55. The Bertz CT molecular complexity index is 489. The van der Waals surface area contributed by atoms with Crippen LogP contribution in [0.2, 0.25) is 0 Å². The molecule has 1 aliphatic rings. The Morgan fingerprint density at radius 1 is 1.17 bits per heavy atom. The van der Waals surface area contributed by atoms with Crippen LogP contribution in [0.5, 0.6) is 17.2 Å². The van der Waals surface area contributed by atoms with Gasteiger partial charge in [0.15, 0.2) is 11.5 Å². The van der Waals surface area contributed by atoms with E-state index in [1.54, 1.807) is 0 Å². The number of urea groups is 1. The number of methoxy groups -OCH3 is 2. The third-order valence-electron chi connectivity index (χ3n) is 2.61. The van der Waals surface area contributed by atoms with Gasteiger partial charge in [0.1, 0.15) is 6.04 Å². The fourth-order valence-corrected chi connectivity index (χ4v) is 1.73. The first kappa shape index (κ1) is 12.0. The molecule has 1 fully saturated rings. The monoisotopic (exact) mass is 252 g/mol. The van der Waals surface area contributed by atoms with Gasteiger partial charge in [-0.05, 0) is 17.7 Å². The van der Waals surface area contributed by atoms with Crippen LogP contribution < -0.4 is 20.1 Å². The van der Waals surface area contributed by atoms with E-state index in [1.165, 1.54) is 26.4 Å². The minimum atomic E-state index is -0.819. The number of ether oxygens (including phenoxy) is 2. The summed E-state index contributed by atoms with van der Waals surface area (Å²) in [7, 11) is 2.76. The lowest BCUT2D eigenvalue weighted by atomic mass is 10.1.